The van der Waals surface area contributed by atoms with Crippen molar-refractivity contribution in [3.8, 4) is 5.75 Å². The zero-order chi connectivity index (χ0) is 14.7. The highest BCUT2D eigenvalue weighted by molar-refractivity contribution is 5.62. The fourth-order valence-corrected chi connectivity index (χ4v) is 1.58. The second-order valence-electron chi connectivity index (χ2n) is 3.90. The second kappa shape index (κ2) is 5.47. The zero-order valence-corrected chi connectivity index (χ0v) is 10.0. The van der Waals surface area contributed by atoms with Crippen molar-refractivity contribution in [2.24, 2.45) is 0 Å². The molecular formula is C12H9F2N3O3. The minimum atomic E-state index is -1.06. The van der Waals surface area contributed by atoms with Gasteiger partial charge in [-0.15, -0.1) is 0 Å². The molecule has 2 rings (SSSR count). The van der Waals surface area contributed by atoms with Crippen LogP contribution >= 0.6 is 0 Å². The molecule has 1 aromatic carbocycles. The number of hydrogen-bond donors (Lipinski definition) is 2. The molecule has 0 aliphatic carbocycles. The predicted octanol–water partition coefficient (Wildman–Crippen LogP) is 2.59. The molecule has 0 bridgehead atoms. The molecule has 0 saturated heterocycles. The van der Waals surface area contributed by atoms with Crippen LogP contribution in [0.1, 0.15) is 5.69 Å². The van der Waals surface area contributed by atoms with Crippen molar-refractivity contribution in [2.45, 2.75) is 6.54 Å². The van der Waals surface area contributed by atoms with Gasteiger partial charge in [0.1, 0.15) is 17.3 Å². The summed E-state index contributed by atoms with van der Waals surface area (Å²) in [6, 6.07) is 4.03. The normalized spacial score (nSPS) is 10.3. The maximum atomic E-state index is 13.6. The number of rotatable bonds is 4. The number of halogens is 2. The zero-order valence-electron chi connectivity index (χ0n) is 10.0. The number of nitro groups is 1. The number of aromatic hydroxyl groups is 1. The van der Waals surface area contributed by atoms with E-state index in [1.54, 1.807) is 0 Å². The fraction of sp³-hybridized carbons (Fsp3) is 0.0833. The summed E-state index contributed by atoms with van der Waals surface area (Å²) in [7, 11) is 0. The number of nitro benzene ring substituents is 1. The Balaban J connectivity index is 2.24. The van der Waals surface area contributed by atoms with Crippen LogP contribution in [0.2, 0.25) is 0 Å². The molecule has 2 N–H and O–H groups in total. The Labute approximate surface area is 111 Å². The molecule has 1 aromatic heterocycles. The quantitative estimate of drug-likeness (QED) is 0.664. The lowest BCUT2D eigenvalue weighted by Gasteiger charge is -2.08. The fourth-order valence-electron chi connectivity index (χ4n) is 1.58. The first kappa shape index (κ1) is 13.7. The molecule has 0 spiro atoms. The Morgan fingerprint density at radius 1 is 1.35 bits per heavy atom. The van der Waals surface area contributed by atoms with Gasteiger partial charge in [0.15, 0.2) is 5.82 Å². The third-order valence-electron chi connectivity index (χ3n) is 2.49. The van der Waals surface area contributed by atoms with Gasteiger partial charge in [-0.1, -0.05) is 0 Å². The van der Waals surface area contributed by atoms with Crippen LogP contribution in [0.25, 0.3) is 0 Å². The van der Waals surface area contributed by atoms with Crippen LogP contribution in [0.4, 0.5) is 20.2 Å². The van der Waals surface area contributed by atoms with Gasteiger partial charge in [0.2, 0.25) is 0 Å². The SMILES string of the molecule is O=[N+]([O-])c1cc(F)cc(F)c1NCc1ccc(O)cn1. The Morgan fingerprint density at radius 2 is 2.10 bits per heavy atom. The van der Waals surface area contributed by atoms with Crippen LogP contribution in [-0.2, 0) is 6.54 Å². The molecule has 20 heavy (non-hydrogen) atoms. The molecule has 6 nitrogen and oxygen atoms in total. The molecule has 0 fully saturated rings. The van der Waals surface area contributed by atoms with Crippen molar-refractivity contribution in [2.75, 3.05) is 5.32 Å². The number of benzene rings is 1. The summed E-state index contributed by atoms with van der Waals surface area (Å²) < 4.78 is 26.5. The van der Waals surface area contributed by atoms with E-state index in [9.17, 15) is 18.9 Å². The molecule has 0 aliphatic heterocycles. The summed E-state index contributed by atoms with van der Waals surface area (Å²) in [6.07, 6.45) is 1.19. The molecule has 0 aliphatic rings. The topological polar surface area (TPSA) is 88.3 Å². The van der Waals surface area contributed by atoms with Gasteiger partial charge in [-0.2, -0.15) is 0 Å². The molecule has 2 aromatic rings. The Bertz CT molecular complexity index is 647. The van der Waals surface area contributed by atoms with Crippen molar-refractivity contribution < 1.29 is 18.8 Å². The number of pyridine rings is 1. The largest absolute Gasteiger partial charge is 0.506 e. The van der Waals surface area contributed by atoms with Crippen LogP contribution in [0, 0.1) is 21.7 Å². The average molecular weight is 281 g/mol. The monoisotopic (exact) mass is 281 g/mol. The maximum absolute atomic E-state index is 13.6. The Morgan fingerprint density at radius 3 is 2.70 bits per heavy atom. The van der Waals surface area contributed by atoms with Crippen LogP contribution in [0.5, 0.6) is 5.75 Å². The minimum Gasteiger partial charge on any atom is -0.506 e. The molecule has 0 unspecified atom stereocenters. The first-order valence-corrected chi connectivity index (χ1v) is 5.48. The highest BCUT2D eigenvalue weighted by Crippen LogP contribution is 2.29. The first-order valence-electron chi connectivity index (χ1n) is 5.48. The van der Waals surface area contributed by atoms with Crippen LogP contribution < -0.4 is 5.32 Å². The molecule has 8 heteroatoms. The maximum Gasteiger partial charge on any atom is 0.298 e. The van der Waals surface area contributed by atoms with Gasteiger partial charge in [0, 0.05) is 6.07 Å². The number of nitrogens with one attached hydrogen (secondary N) is 1. The van der Waals surface area contributed by atoms with Crippen molar-refractivity contribution >= 4 is 11.4 Å². The highest BCUT2D eigenvalue weighted by atomic mass is 19.1. The molecule has 0 amide bonds. The van der Waals surface area contributed by atoms with E-state index in [0.29, 0.717) is 17.8 Å². The smallest absolute Gasteiger partial charge is 0.298 e. The average Bonchev–Trinajstić information content (AvgIpc) is 2.38. The van der Waals surface area contributed by atoms with E-state index in [4.69, 9.17) is 5.11 Å². The van der Waals surface area contributed by atoms with Crippen LogP contribution in [0.15, 0.2) is 30.5 Å². The highest BCUT2D eigenvalue weighted by Gasteiger charge is 2.20. The number of anilines is 1. The molecule has 0 radical (unpaired) electrons. The van der Waals surface area contributed by atoms with Crippen LogP contribution in [-0.4, -0.2) is 15.0 Å². The minimum absolute atomic E-state index is 0.0102. The van der Waals surface area contributed by atoms with Gasteiger partial charge in [-0.05, 0) is 12.1 Å². The van der Waals surface area contributed by atoms with Gasteiger partial charge in [-0.3, -0.25) is 15.1 Å². The van der Waals surface area contributed by atoms with E-state index >= 15 is 0 Å². The lowest BCUT2D eigenvalue weighted by Crippen LogP contribution is -2.06. The molecule has 0 saturated carbocycles. The Hall–Kier alpha value is -2.77. The molecule has 104 valence electrons. The first-order chi connectivity index (χ1) is 9.47. The number of aromatic nitrogens is 1. The third kappa shape index (κ3) is 2.97. The van der Waals surface area contributed by atoms with E-state index in [-0.39, 0.29) is 12.3 Å². The summed E-state index contributed by atoms with van der Waals surface area (Å²) in [5.41, 5.74) is -0.673. The lowest BCUT2D eigenvalue weighted by molar-refractivity contribution is -0.384. The Kier molecular flexibility index (Phi) is 3.74. The summed E-state index contributed by atoms with van der Waals surface area (Å²) in [4.78, 5) is 13.7. The molecule has 1 heterocycles. The van der Waals surface area contributed by atoms with Gasteiger partial charge < -0.3 is 10.4 Å². The van der Waals surface area contributed by atoms with Crippen molar-refractivity contribution in [3.05, 3.63) is 57.9 Å². The predicted molar refractivity (Wildman–Crippen MR) is 66.2 cm³/mol. The van der Waals surface area contributed by atoms with E-state index in [1.165, 1.54) is 18.3 Å². The van der Waals surface area contributed by atoms with Gasteiger partial charge in [-0.25, -0.2) is 8.78 Å². The summed E-state index contributed by atoms with van der Waals surface area (Å²) in [5.74, 6) is -2.12. The van der Waals surface area contributed by atoms with E-state index in [2.05, 4.69) is 10.3 Å². The number of nitrogens with zero attached hydrogens (tertiary/aromatic N) is 2. The van der Waals surface area contributed by atoms with Crippen molar-refractivity contribution in [1.29, 1.82) is 0 Å². The molecule has 0 atom stereocenters. The van der Waals surface area contributed by atoms with E-state index in [0.717, 1.165) is 0 Å². The second-order valence-corrected chi connectivity index (χ2v) is 3.90. The summed E-state index contributed by atoms with van der Waals surface area (Å²) in [6.45, 7) is -0.0102. The van der Waals surface area contributed by atoms with Crippen molar-refractivity contribution in [1.82, 2.24) is 4.98 Å². The van der Waals surface area contributed by atoms with Gasteiger partial charge in [0.05, 0.1) is 29.4 Å². The van der Waals surface area contributed by atoms with Gasteiger partial charge in [0.25, 0.3) is 5.69 Å². The lowest BCUT2D eigenvalue weighted by atomic mass is 10.2. The summed E-state index contributed by atoms with van der Waals surface area (Å²) >= 11 is 0. The number of hydrogen-bond acceptors (Lipinski definition) is 5. The van der Waals surface area contributed by atoms with E-state index < -0.39 is 27.9 Å². The van der Waals surface area contributed by atoms with E-state index in [1.807, 2.05) is 0 Å². The van der Waals surface area contributed by atoms with Gasteiger partial charge >= 0.3 is 0 Å². The summed E-state index contributed by atoms with van der Waals surface area (Å²) in [5, 5.41) is 22.3. The molecular weight excluding hydrogens is 272 g/mol. The van der Waals surface area contributed by atoms with Crippen LogP contribution in [0.3, 0.4) is 0 Å². The third-order valence-corrected chi connectivity index (χ3v) is 2.49. The standard InChI is InChI=1S/C12H9F2N3O3/c13-7-3-10(14)12(11(4-7)17(19)20)16-5-8-1-2-9(18)6-15-8/h1-4,6,16,18H,5H2. The van der Waals surface area contributed by atoms with Crippen molar-refractivity contribution in [3.63, 3.8) is 0 Å².